The van der Waals surface area contributed by atoms with Gasteiger partial charge in [0, 0.05) is 13.1 Å². The molecule has 3 nitrogen and oxygen atoms in total. The molecule has 0 bridgehead atoms. The van der Waals surface area contributed by atoms with Gasteiger partial charge in [-0.2, -0.15) is 0 Å². The predicted octanol–water partition coefficient (Wildman–Crippen LogP) is 1.82. The van der Waals surface area contributed by atoms with Gasteiger partial charge in [0.25, 0.3) is 0 Å². The molecule has 0 rings (SSSR count). The van der Waals surface area contributed by atoms with Crippen LogP contribution in [0.1, 0.15) is 33.6 Å². The molecule has 14 heavy (non-hydrogen) atoms. The zero-order valence-corrected chi connectivity index (χ0v) is 10.1. The highest BCUT2D eigenvalue weighted by Gasteiger charge is 2.01. The van der Waals surface area contributed by atoms with E-state index in [9.17, 15) is 0 Å². The summed E-state index contributed by atoms with van der Waals surface area (Å²) in [5.41, 5.74) is 1.47. The Bertz CT molecular complexity index is 166. The van der Waals surface area contributed by atoms with Crippen LogP contribution < -0.4 is 5.84 Å². The van der Waals surface area contributed by atoms with Gasteiger partial charge in [-0.05, 0) is 26.8 Å². The van der Waals surface area contributed by atoms with Crippen LogP contribution in [-0.2, 0) is 0 Å². The largest absolute Gasteiger partial charge is 0.292 e. The molecule has 0 aliphatic carbocycles. The van der Waals surface area contributed by atoms with Crippen LogP contribution in [0.3, 0.4) is 0 Å². The Labute approximate surface area is 88.5 Å². The van der Waals surface area contributed by atoms with Gasteiger partial charge in [-0.3, -0.25) is 10.7 Å². The molecule has 0 aliphatic heterocycles. The van der Waals surface area contributed by atoms with Gasteiger partial charge in [-0.25, -0.2) is 5.01 Å². The molecule has 0 heterocycles. The van der Waals surface area contributed by atoms with Crippen molar-refractivity contribution < 1.29 is 0 Å². The molecule has 84 valence electrons. The van der Waals surface area contributed by atoms with Gasteiger partial charge >= 0.3 is 0 Å². The summed E-state index contributed by atoms with van der Waals surface area (Å²) >= 11 is 0. The van der Waals surface area contributed by atoms with Crippen LogP contribution in [0.5, 0.6) is 0 Å². The van der Waals surface area contributed by atoms with Crippen molar-refractivity contribution in [3.8, 4) is 0 Å². The van der Waals surface area contributed by atoms with Crippen molar-refractivity contribution in [1.82, 2.24) is 9.91 Å². The van der Waals surface area contributed by atoms with Gasteiger partial charge in [-0.1, -0.05) is 25.5 Å². The summed E-state index contributed by atoms with van der Waals surface area (Å²) in [4.78, 5) is 2.25. The third-order valence-electron chi connectivity index (χ3n) is 2.27. The molecule has 0 fully saturated rings. The van der Waals surface area contributed by atoms with Crippen LogP contribution in [-0.4, -0.2) is 36.7 Å². The summed E-state index contributed by atoms with van der Waals surface area (Å²) in [6, 6.07) is 0. The number of nitrogens with zero attached hydrogens (tertiary/aromatic N) is 2. The summed E-state index contributed by atoms with van der Waals surface area (Å²) in [6.07, 6.45) is 4.56. The smallest absolute Gasteiger partial charge is 0.0641 e. The topological polar surface area (TPSA) is 32.5 Å². The fourth-order valence-electron chi connectivity index (χ4n) is 1.30. The van der Waals surface area contributed by atoms with Crippen molar-refractivity contribution >= 4 is 0 Å². The molecule has 2 N–H and O–H groups in total. The Hall–Kier alpha value is -0.380. The van der Waals surface area contributed by atoms with Crippen molar-refractivity contribution in [2.75, 3.05) is 26.8 Å². The van der Waals surface area contributed by atoms with E-state index in [0.29, 0.717) is 0 Å². The Morgan fingerprint density at radius 3 is 2.50 bits per heavy atom. The lowest BCUT2D eigenvalue weighted by Crippen LogP contribution is -2.40. The minimum absolute atomic E-state index is 0.843. The molecule has 0 spiro atoms. The monoisotopic (exact) mass is 199 g/mol. The number of rotatable bonds is 7. The number of hydrazine groups is 1. The first-order valence-corrected chi connectivity index (χ1v) is 5.44. The van der Waals surface area contributed by atoms with E-state index >= 15 is 0 Å². The van der Waals surface area contributed by atoms with Crippen LogP contribution in [0.25, 0.3) is 0 Å². The quantitative estimate of drug-likeness (QED) is 0.294. The van der Waals surface area contributed by atoms with E-state index in [1.165, 1.54) is 5.57 Å². The first-order valence-electron chi connectivity index (χ1n) is 5.44. The van der Waals surface area contributed by atoms with Gasteiger partial charge in [0.1, 0.15) is 0 Å². The zero-order chi connectivity index (χ0) is 11.0. The van der Waals surface area contributed by atoms with Gasteiger partial charge in [-0.15, -0.1) is 0 Å². The van der Waals surface area contributed by atoms with E-state index in [1.807, 2.05) is 5.01 Å². The van der Waals surface area contributed by atoms with Gasteiger partial charge in [0.15, 0.2) is 0 Å². The van der Waals surface area contributed by atoms with E-state index in [2.05, 4.69) is 38.8 Å². The highest BCUT2D eigenvalue weighted by molar-refractivity contribution is 4.97. The van der Waals surface area contributed by atoms with E-state index in [0.717, 1.165) is 32.6 Å². The molecule has 0 amide bonds. The molecule has 0 saturated heterocycles. The normalized spacial score (nSPS) is 12.9. The maximum Gasteiger partial charge on any atom is 0.0641 e. The van der Waals surface area contributed by atoms with Crippen molar-refractivity contribution in [3.05, 3.63) is 11.6 Å². The maximum atomic E-state index is 5.72. The van der Waals surface area contributed by atoms with E-state index in [4.69, 9.17) is 5.84 Å². The first-order chi connectivity index (χ1) is 6.60. The molecular weight excluding hydrogens is 174 g/mol. The molecule has 0 unspecified atom stereocenters. The molecule has 0 radical (unpaired) electrons. The Morgan fingerprint density at radius 2 is 2.00 bits per heavy atom. The standard InChI is InChI=1S/C11H25N3/c1-5-7-11(3)8-9-13(4)10-14(12)6-2/h7H,5-6,8-10,12H2,1-4H3. The highest BCUT2D eigenvalue weighted by Crippen LogP contribution is 2.02. The van der Waals surface area contributed by atoms with Gasteiger partial charge < -0.3 is 0 Å². The second-order valence-corrected chi connectivity index (χ2v) is 3.83. The van der Waals surface area contributed by atoms with Crippen molar-refractivity contribution in [2.45, 2.75) is 33.6 Å². The number of hydrogen-bond acceptors (Lipinski definition) is 3. The zero-order valence-electron chi connectivity index (χ0n) is 10.1. The minimum Gasteiger partial charge on any atom is -0.292 e. The van der Waals surface area contributed by atoms with Crippen LogP contribution in [0, 0.1) is 0 Å². The minimum atomic E-state index is 0.843. The third kappa shape index (κ3) is 7.06. The van der Waals surface area contributed by atoms with Crippen LogP contribution >= 0.6 is 0 Å². The lowest BCUT2D eigenvalue weighted by atomic mass is 10.2. The highest BCUT2D eigenvalue weighted by atomic mass is 15.5. The molecule has 3 heteroatoms. The van der Waals surface area contributed by atoms with Crippen LogP contribution in [0.15, 0.2) is 11.6 Å². The Morgan fingerprint density at radius 1 is 1.36 bits per heavy atom. The molecule has 0 aromatic heterocycles. The van der Waals surface area contributed by atoms with E-state index in [1.54, 1.807) is 0 Å². The fraction of sp³-hybridized carbons (Fsp3) is 0.818. The van der Waals surface area contributed by atoms with Gasteiger partial charge in [0.05, 0.1) is 6.67 Å². The summed E-state index contributed by atoms with van der Waals surface area (Å²) < 4.78 is 0. The summed E-state index contributed by atoms with van der Waals surface area (Å²) in [5, 5.41) is 1.82. The third-order valence-corrected chi connectivity index (χ3v) is 2.27. The molecule has 0 aromatic carbocycles. The molecule has 0 aromatic rings. The second-order valence-electron chi connectivity index (χ2n) is 3.83. The van der Waals surface area contributed by atoms with Crippen molar-refractivity contribution in [1.29, 1.82) is 0 Å². The van der Waals surface area contributed by atoms with Crippen LogP contribution in [0.4, 0.5) is 0 Å². The summed E-state index contributed by atoms with van der Waals surface area (Å²) in [6.45, 7) is 9.25. The SMILES string of the molecule is CCC=C(C)CCN(C)CN(N)CC. The average Bonchev–Trinajstić information content (AvgIpc) is 2.15. The molecular formula is C11H25N3. The molecule has 0 aliphatic rings. The number of hydrogen-bond donors (Lipinski definition) is 1. The maximum absolute atomic E-state index is 5.72. The van der Waals surface area contributed by atoms with E-state index in [-0.39, 0.29) is 0 Å². The fourth-order valence-corrected chi connectivity index (χ4v) is 1.30. The average molecular weight is 199 g/mol. The van der Waals surface area contributed by atoms with Gasteiger partial charge in [0.2, 0.25) is 0 Å². The Balaban J connectivity index is 3.63. The first kappa shape index (κ1) is 13.6. The lowest BCUT2D eigenvalue weighted by Gasteiger charge is -2.22. The summed E-state index contributed by atoms with van der Waals surface area (Å²) in [7, 11) is 2.11. The second kappa shape index (κ2) is 7.97. The van der Waals surface area contributed by atoms with Crippen molar-refractivity contribution in [3.63, 3.8) is 0 Å². The van der Waals surface area contributed by atoms with E-state index < -0.39 is 0 Å². The Kier molecular flexibility index (Phi) is 7.76. The summed E-state index contributed by atoms with van der Waals surface area (Å²) in [5.74, 6) is 5.72. The number of nitrogens with two attached hydrogens (primary N) is 1. The van der Waals surface area contributed by atoms with Crippen LogP contribution in [0.2, 0.25) is 0 Å². The number of allylic oxidation sites excluding steroid dienone is 1. The predicted molar refractivity (Wildman–Crippen MR) is 62.7 cm³/mol. The molecule has 0 atom stereocenters. The molecule has 0 saturated carbocycles. The van der Waals surface area contributed by atoms with Crippen molar-refractivity contribution in [2.24, 2.45) is 5.84 Å². The lowest BCUT2D eigenvalue weighted by molar-refractivity contribution is 0.164.